The topological polar surface area (TPSA) is 70.5 Å². The minimum atomic E-state index is -1.06. The van der Waals surface area contributed by atoms with Crippen LogP contribution in [0.4, 0.5) is 4.39 Å². The van der Waals surface area contributed by atoms with Gasteiger partial charge in [-0.2, -0.15) is 0 Å². The van der Waals surface area contributed by atoms with Crippen molar-refractivity contribution in [1.82, 2.24) is 9.88 Å². The van der Waals surface area contributed by atoms with E-state index < -0.39 is 11.9 Å². The van der Waals surface area contributed by atoms with E-state index in [1.54, 1.807) is 17.5 Å². The summed E-state index contributed by atoms with van der Waals surface area (Å²) in [6.45, 7) is 1.87. The first-order valence-corrected chi connectivity index (χ1v) is 7.61. The average Bonchev–Trinajstić information content (AvgIpc) is 2.96. The Hall–Kier alpha value is -2.28. The van der Waals surface area contributed by atoms with Crippen LogP contribution in [0.2, 0.25) is 0 Å². The van der Waals surface area contributed by atoms with Gasteiger partial charge in [0.2, 0.25) is 0 Å². The second kappa shape index (κ2) is 7.13. The lowest BCUT2D eigenvalue weighted by molar-refractivity contribution is -0.137. The van der Waals surface area contributed by atoms with Crippen molar-refractivity contribution in [3.63, 3.8) is 0 Å². The number of hydrogen-bond donors (Lipinski definition) is 1. The molecule has 1 aromatic carbocycles. The van der Waals surface area contributed by atoms with Gasteiger partial charge in [-0.15, -0.1) is 11.3 Å². The predicted octanol–water partition coefficient (Wildman–Crippen LogP) is 2.89. The van der Waals surface area contributed by atoms with E-state index in [1.165, 1.54) is 28.4 Å². The molecule has 2 aromatic rings. The number of halogens is 1. The van der Waals surface area contributed by atoms with Crippen molar-refractivity contribution < 1.29 is 19.1 Å². The van der Waals surface area contributed by atoms with Crippen molar-refractivity contribution in [2.24, 2.45) is 0 Å². The Kier molecular flexibility index (Phi) is 5.21. The number of carboxylic acids is 1. The smallest absolute Gasteiger partial charge is 0.323 e. The fourth-order valence-corrected chi connectivity index (χ4v) is 2.74. The Labute approximate surface area is 131 Å². The Bertz CT molecular complexity index is 670. The number of carbonyl (C=O) groups excluding carboxylic acids is 1. The second-order valence-electron chi connectivity index (χ2n) is 4.67. The summed E-state index contributed by atoms with van der Waals surface area (Å²) in [5.74, 6) is -1.81. The van der Waals surface area contributed by atoms with Crippen LogP contribution in [0.3, 0.4) is 0 Å². The van der Waals surface area contributed by atoms with Gasteiger partial charge in [0, 0.05) is 17.5 Å². The van der Waals surface area contributed by atoms with Gasteiger partial charge in [0.05, 0.1) is 0 Å². The number of carbonyl (C=O) groups is 2. The molecular formula is C15H15FN2O3S. The maximum Gasteiger partial charge on any atom is 0.323 e. The molecule has 0 spiro atoms. The Morgan fingerprint density at radius 2 is 2.00 bits per heavy atom. The summed E-state index contributed by atoms with van der Waals surface area (Å²) in [5, 5.41) is 11.0. The zero-order valence-electron chi connectivity index (χ0n) is 12.0. The number of rotatable bonds is 6. The minimum absolute atomic E-state index is 0.207. The fraction of sp³-hybridized carbons (Fsp3) is 0.267. The van der Waals surface area contributed by atoms with Crippen LogP contribution in [-0.4, -0.2) is 40.0 Å². The van der Waals surface area contributed by atoms with Crippen LogP contribution in [-0.2, 0) is 4.79 Å². The molecular weight excluding hydrogens is 307 g/mol. The number of benzene rings is 1. The van der Waals surface area contributed by atoms with E-state index in [4.69, 9.17) is 5.11 Å². The van der Waals surface area contributed by atoms with Crippen molar-refractivity contribution in [3.8, 4) is 10.6 Å². The highest BCUT2D eigenvalue weighted by Gasteiger charge is 2.20. The van der Waals surface area contributed by atoms with Crippen molar-refractivity contribution in [2.75, 3.05) is 13.1 Å². The van der Waals surface area contributed by atoms with Crippen LogP contribution in [0.25, 0.3) is 10.6 Å². The lowest BCUT2D eigenvalue weighted by Crippen LogP contribution is -2.36. The van der Waals surface area contributed by atoms with E-state index in [0.29, 0.717) is 23.5 Å². The van der Waals surface area contributed by atoms with Gasteiger partial charge < -0.3 is 10.0 Å². The normalized spacial score (nSPS) is 10.5. The van der Waals surface area contributed by atoms with E-state index >= 15 is 0 Å². The average molecular weight is 322 g/mol. The lowest BCUT2D eigenvalue weighted by atomic mass is 10.2. The maximum absolute atomic E-state index is 12.9. The fourth-order valence-electron chi connectivity index (χ4n) is 1.94. The maximum atomic E-state index is 12.9. The van der Waals surface area contributed by atoms with E-state index in [0.717, 1.165) is 0 Å². The molecule has 0 saturated carbocycles. The van der Waals surface area contributed by atoms with Gasteiger partial charge in [0.25, 0.3) is 5.91 Å². The third kappa shape index (κ3) is 3.88. The molecule has 1 N–H and O–H groups in total. The standard InChI is InChI=1S/C15H15FN2O3S/c1-2-7-18(8-13(19)20)15(21)12-9-22-14(17-12)10-3-5-11(16)6-4-10/h3-6,9H,2,7-8H2,1H3,(H,19,20). The first-order valence-electron chi connectivity index (χ1n) is 6.73. The van der Waals surface area contributed by atoms with Crippen LogP contribution < -0.4 is 0 Å². The molecule has 0 fully saturated rings. The van der Waals surface area contributed by atoms with Crippen molar-refractivity contribution in [1.29, 1.82) is 0 Å². The molecule has 0 aliphatic heterocycles. The quantitative estimate of drug-likeness (QED) is 0.888. The first kappa shape index (κ1) is 16.1. The number of thiazole rings is 1. The Morgan fingerprint density at radius 1 is 1.32 bits per heavy atom. The molecule has 1 aromatic heterocycles. The third-order valence-electron chi connectivity index (χ3n) is 2.92. The molecule has 0 atom stereocenters. The summed E-state index contributed by atoms with van der Waals surface area (Å²) in [6.07, 6.45) is 0.661. The third-order valence-corrected chi connectivity index (χ3v) is 3.81. The molecule has 0 radical (unpaired) electrons. The van der Waals surface area contributed by atoms with E-state index in [-0.39, 0.29) is 18.1 Å². The summed E-state index contributed by atoms with van der Waals surface area (Å²) in [6, 6.07) is 5.82. The highest BCUT2D eigenvalue weighted by molar-refractivity contribution is 7.13. The molecule has 0 unspecified atom stereocenters. The number of amides is 1. The van der Waals surface area contributed by atoms with E-state index in [9.17, 15) is 14.0 Å². The number of aromatic nitrogens is 1. The monoisotopic (exact) mass is 322 g/mol. The largest absolute Gasteiger partial charge is 0.480 e. The van der Waals surface area contributed by atoms with Gasteiger partial charge in [-0.05, 0) is 30.7 Å². The zero-order chi connectivity index (χ0) is 16.1. The summed E-state index contributed by atoms with van der Waals surface area (Å²) < 4.78 is 12.9. The van der Waals surface area contributed by atoms with E-state index in [1.807, 2.05) is 6.92 Å². The van der Waals surface area contributed by atoms with Crippen molar-refractivity contribution in [2.45, 2.75) is 13.3 Å². The van der Waals surface area contributed by atoms with Gasteiger partial charge in [0.1, 0.15) is 23.1 Å². The summed E-state index contributed by atoms with van der Waals surface area (Å²) in [4.78, 5) is 28.6. The Morgan fingerprint density at radius 3 is 2.59 bits per heavy atom. The van der Waals surface area contributed by atoms with Crippen molar-refractivity contribution >= 4 is 23.2 Å². The van der Waals surface area contributed by atoms with Gasteiger partial charge >= 0.3 is 5.97 Å². The first-order chi connectivity index (χ1) is 10.5. The van der Waals surface area contributed by atoms with Gasteiger partial charge in [-0.3, -0.25) is 9.59 Å². The molecule has 7 heteroatoms. The molecule has 5 nitrogen and oxygen atoms in total. The highest BCUT2D eigenvalue weighted by Crippen LogP contribution is 2.24. The predicted molar refractivity (Wildman–Crippen MR) is 81.3 cm³/mol. The molecule has 0 saturated heterocycles. The summed E-state index contributed by atoms with van der Waals surface area (Å²) >= 11 is 1.26. The number of hydrogen-bond acceptors (Lipinski definition) is 4. The van der Waals surface area contributed by atoms with Gasteiger partial charge in [0.15, 0.2) is 0 Å². The zero-order valence-corrected chi connectivity index (χ0v) is 12.8. The van der Waals surface area contributed by atoms with Crippen LogP contribution in [0.5, 0.6) is 0 Å². The lowest BCUT2D eigenvalue weighted by Gasteiger charge is -2.18. The molecule has 0 aliphatic rings. The molecule has 1 amide bonds. The number of aliphatic carboxylic acids is 1. The summed E-state index contributed by atoms with van der Waals surface area (Å²) in [5.41, 5.74) is 0.921. The number of nitrogens with zero attached hydrogens (tertiary/aromatic N) is 2. The molecule has 0 bridgehead atoms. The SMILES string of the molecule is CCCN(CC(=O)O)C(=O)c1csc(-c2ccc(F)cc2)n1. The highest BCUT2D eigenvalue weighted by atomic mass is 32.1. The molecule has 22 heavy (non-hydrogen) atoms. The van der Waals surface area contributed by atoms with E-state index in [2.05, 4.69) is 4.98 Å². The minimum Gasteiger partial charge on any atom is -0.480 e. The van der Waals surface area contributed by atoms with Crippen LogP contribution >= 0.6 is 11.3 Å². The van der Waals surface area contributed by atoms with Crippen LogP contribution in [0, 0.1) is 5.82 Å². The number of carboxylic acid groups (broad SMARTS) is 1. The molecule has 116 valence electrons. The summed E-state index contributed by atoms with van der Waals surface area (Å²) in [7, 11) is 0. The molecule has 2 rings (SSSR count). The van der Waals surface area contributed by atoms with Crippen LogP contribution in [0.15, 0.2) is 29.6 Å². The second-order valence-corrected chi connectivity index (χ2v) is 5.52. The van der Waals surface area contributed by atoms with Crippen LogP contribution in [0.1, 0.15) is 23.8 Å². The van der Waals surface area contributed by atoms with Crippen molar-refractivity contribution in [3.05, 3.63) is 41.2 Å². The van der Waals surface area contributed by atoms with Gasteiger partial charge in [-0.25, -0.2) is 9.37 Å². The molecule has 1 heterocycles. The van der Waals surface area contributed by atoms with Gasteiger partial charge in [-0.1, -0.05) is 6.92 Å². The Balaban J connectivity index is 2.20. The molecule has 0 aliphatic carbocycles.